The average Bonchev–Trinajstić information content (AvgIpc) is 2.29. The monoisotopic (exact) mass is 301 g/mol. The standard InChI is InChI=1S/C13H20BrNO2/c1-3-13(2,16)10-15-7-8-17-12-6-4-5-11(14)9-12/h4-6,9,15-16H,3,7-8,10H2,1-2H3. The van der Waals surface area contributed by atoms with Gasteiger partial charge in [-0.3, -0.25) is 0 Å². The summed E-state index contributed by atoms with van der Waals surface area (Å²) in [5.74, 6) is 0.850. The van der Waals surface area contributed by atoms with Crippen LogP contribution in [0.25, 0.3) is 0 Å². The lowest BCUT2D eigenvalue weighted by Crippen LogP contribution is -2.38. The van der Waals surface area contributed by atoms with Gasteiger partial charge >= 0.3 is 0 Å². The van der Waals surface area contributed by atoms with E-state index in [4.69, 9.17) is 4.74 Å². The normalized spacial score (nSPS) is 14.4. The lowest BCUT2D eigenvalue weighted by molar-refractivity contribution is 0.0551. The molecule has 1 atom stereocenters. The molecule has 0 bridgehead atoms. The molecule has 1 aromatic carbocycles. The molecular weight excluding hydrogens is 282 g/mol. The minimum atomic E-state index is -0.629. The molecule has 0 aromatic heterocycles. The van der Waals surface area contributed by atoms with E-state index in [0.717, 1.165) is 23.2 Å². The summed E-state index contributed by atoms with van der Waals surface area (Å²) < 4.78 is 6.57. The van der Waals surface area contributed by atoms with E-state index in [1.54, 1.807) is 0 Å². The van der Waals surface area contributed by atoms with Gasteiger partial charge in [0.2, 0.25) is 0 Å². The van der Waals surface area contributed by atoms with Crippen molar-refractivity contribution in [1.29, 1.82) is 0 Å². The molecule has 96 valence electrons. The summed E-state index contributed by atoms with van der Waals surface area (Å²) in [7, 11) is 0. The van der Waals surface area contributed by atoms with Crippen LogP contribution in [0.1, 0.15) is 20.3 Å². The van der Waals surface area contributed by atoms with E-state index >= 15 is 0 Å². The van der Waals surface area contributed by atoms with Crippen LogP contribution in [0.4, 0.5) is 0 Å². The van der Waals surface area contributed by atoms with E-state index in [2.05, 4.69) is 21.2 Å². The molecule has 0 heterocycles. The molecule has 1 unspecified atom stereocenters. The second-order valence-corrected chi connectivity index (χ2v) is 5.25. The van der Waals surface area contributed by atoms with Crippen LogP contribution in [-0.4, -0.2) is 30.4 Å². The Balaban J connectivity index is 2.17. The second-order valence-electron chi connectivity index (χ2n) is 4.33. The minimum Gasteiger partial charge on any atom is -0.492 e. The number of rotatable bonds is 7. The number of nitrogens with one attached hydrogen (secondary N) is 1. The van der Waals surface area contributed by atoms with Gasteiger partial charge in [0.15, 0.2) is 0 Å². The third kappa shape index (κ3) is 6.05. The van der Waals surface area contributed by atoms with Gasteiger partial charge in [-0.05, 0) is 31.5 Å². The zero-order valence-electron chi connectivity index (χ0n) is 10.4. The summed E-state index contributed by atoms with van der Waals surface area (Å²) in [6.07, 6.45) is 0.743. The van der Waals surface area contributed by atoms with Crippen molar-refractivity contribution in [3.63, 3.8) is 0 Å². The topological polar surface area (TPSA) is 41.5 Å². The molecule has 0 fully saturated rings. The minimum absolute atomic E-state index is 0.589. The zero-order chi connectivity index (χ0) is 12.7. The third-order valence-corrected chi connectivity index (χ3v) is 3.10. The van der Waals surface area contributed by atoms with Crippen LogP contribution in [0.2, 0.25) is 0 Å². The largest absolute Gasteiger partial charge is 0.492 e. The fourth-order valence-corrected chi connectivity index (χ4v) is 1.66. The highest BCUT2D eigenvalue weighted by molar-refractivity contribution is 9.10. The molecule has 0 aliphatic carbocycles. The van der Waals surface area contributed by atoms with E-state index in [0.29, 0.717) is 13.2 Å². The molecule has 1 aromatic rings. The summed E-state index contributed by atoms with van der Waals surface area (Å²) in [5, 5.41) is 12.9. The third-order valence-electron chi connectivity index (χ3n) is 2.61. The molecule has 0 saturated carbocycles. The van der Waals surface area contributed by atoms with Crippen molar-refractivity contribution in [3.05, 3.63) is 28.7 Å². The number of hydrogen-bond acceptors (Lipinski definition) is 3. The number of benzene rings is 1. The fraction of sp³-hybridized carbons (Fsp3) is 0.538. The molecule has 0 saturated heterocycles. The molecule has 3 nitrogen and oxygen atoms in total. The Morgan fingerprint density at radius 1 is 1.47 bits per heavy atom. The molecule has 0 spiro atoms. The van der Waals surface area contributed by atoms with Crippen molar-refractivity contribution in [1.82, 2.24) is 5.32 Å². The molecule has 17 heavy (non-hydrogen) atoms. The summed E-state index contributed by atoms with van der Waals surface area (Å²) in [4.78, 5) is 0. The van der Waals surface area contributed by atoms with Gasteiger partial charge in [-0.15, -0.1) is 0 Å². The SMILES string of the molecule is CCC(C)(O)CNCCOc1cccc(Br)c1. The highest BCUT2D eigenvalue weighted by atomic mass is 79.9. The first kappa shape index (κ1) is 14.5. The van der Waals surface area contributed by atoms with Gasteiger partial charge in [-0.25, -0.2) is 0 Å². The van der Waals surface area contributed by atoms with Gasteiger partial charge in [0.1, 0.15) is 12.4 Å². The molecule has 0 amide bonds. The summed E-state index contributed by atoms with van der Waals surface area (Å²) >= 11 is 3.39. The maximum atomic E-state index is 9.77. The van der Waals surface area contributed by atoms with E-state index in [9.17, 15) is 5.11 Å². The Hall–Kier alpha value is -0.580. The van der Waals surface area contributed by atoms with Crippen molar-refractivity contribution in [2.24, 2.45) is 0 Å². The van der Waals surface area contributed by atoms with Gasteiger partial charge < -0.3 is 15.2 Å². The predicted octanol–water partition coefficient (Wildman–Crippen LogP) is 2.58. The van der Waals surface area contributed by atoms with Crippen LogP contribution < -0.4 is 10.1 Å². The number of aliphatic hydroxyl groups is 1. The van der Waals surface area contributed by atoms with Crippen LogP contribution in [-0.2, 0) is 0 Å². The molecule has 4 heteroatoms. The Kier molecular flexibility index (Phi) is 5.95. The Bertz CT molecular complexity index is 342. The highest BCUT2D eigenvalue weighted by Gasteiger charge is 2.15. The van der Waals surface area contributed by atoms with Crippen molar-refractivity contribution in [2.75, 3.05) is 19.7 Å². The first-order valence-electron chi connectivity index (χ1n) is 5.85. The van der Waals surface area contributed by atoms with Crippen molar-refractivity contribution in [3.8, 4) is 5.75 Å². The van der Waals surface area contributed by atoms with Crippen LogP contribution >= 0.6 is 15.9 Å². The van der Waals surface area contributed by atoms with Gasteiger partial charge in [-0.2, -0.15) is 0 Å². The lowest BCUT2D eigenvalue weighted by atomic mass is 10.0. The molecule has 0 radical (unpaired) electrons. The Morgan fingerprint density at radius 3 is 2.88 bits per heavy atom. The van der Waals surface area contributed by atoms with Crippen LogP contribution in [0.5, 0.6) is 5.75 Å². The lowest BCUT2D eigenvalue weighted by Gasteiger charge is -2.21. The first-order chi connectivity index (χ1) is 8.03. The van der Waals surface area contributed by atoms with Crippen molar-refractivity contribution in [2.45, 2.75) is 25.9 Å². The Labute approximate surface area is 111 Å². The number of ether oxygens (including phenoxy) is 1. The maximum Gasteiger partial charge on any atom is 0.120 e. The molecule has 0 aliphatic rings. The van der Waals surface area contributed by atoms with E-state index in [1.165, 1.54) is 0 Å². The van der Waals surface area contributed by atoms with Crippen molar-refractivity contribution < 1.29 is 9.84 Å². The van der Waals surface area contributed by atoms with Crippen molar-refractivity contribution >= 4 is 15.9 Å². The Morgan fingerprint density at radius 2 is 2.24 bits per heavy atom. The van der Waals surface area contributed by atoms with Gasteiger partial charge in [-0.1, -0.05) is 28.9 Å². The zero-order valence-corrected chi connectivity index (χ0v) is 12.0. The van der Waals surface area contributed by atoms with Crippen LogP contribution in [0.3, 0.4) is 0 Å². The number of hydrogen-bond donors (Lipinski definition) is 2. The smallest absolute Gasteiger partial charge is 0.120 e. The summed E-state index contributed by atoms with van der Waals surface area (Å²) in [6.45, 7) is 5.71. The molecule has 2 N–H and O–H groups in total. The number of halogens is 1. The second kappa shape index (κ2) is 6.99. The van der Waals surface area contributed by atoms with Crippen LogP contribution in [0, 0.1) is 0 Å². The quantitative estimate of drug-likeness (QED) is 0.761. The fourth-order valence-electron chi connectivity index (χ4n) is 1.28. The predicted molar refractivity (Wildman–Crippen MR) is 73.4 cm³/mol. The van der Waals surface area contributed by atoms with E-state index < -0.39 is 5.60 Å². The highest BCUT2D eigenvalue weighted by Crippen LogP contribution is 2.17. The van der Waals surface area contributed by atoms with E-state index in [-0.39, 0.29) is 0 Å². The summed E-state index contributed by atoms with van der Waals surface area (Å²) in [6, 6.07) is 7.76. The summed E-state index contributed by atoms with van der Waals surface area (Å²) in [5.41, 5.74) is -0.629. The van der Waals surface area contributed by atoms with Gasteiger partial charge in [0.05, 0.1) is 5.60 Å². The van der Waals surface area contributed by atoms with Gasteiger partial charge in [0, 0.05) is 17.6 Å². The molecule has 0 aliphatic heterocycles. The van der Waals surface area contributed by atoms with E-state index in [1.807, 2.05) is 38.1 Å². The first-order valence-corrected chi connectivity index (χ1v) is 6.64. The average molecular weight is 302 g/mol. The van der Waals surface area contributed by atoms with Gasteiger partial charge in [0.25, 0.3) is 0 Å². The molecular formula is C13H20BrNO2. The van der Waals surface area contributed by atoms with Crippen LogP contribution in [0.15, 0.2) is 28.7 Å². The maximum absolute atomic E-state index is 9.77. The molecule has 1 rings (SSSR count).